The van der Waals surface area contributed by atoms with Crippen molar-refractivity contribution in [3.63, 3.8) is 0 Å². The molecule has 1 unspecified atom stereocenters. The highest BCUT2D eigenvalue weighted by Gasteiger charge is 2.25. The SMILES string of the molecule is CN1c2ccccc2-c2ccc(O)cc2S1=O. The highest BCUT2D eigenvalue weighted by molar-refractivity contribution is 7.86. The smallest absolute Gasteiger partial charge is 0.153 e. The van der Waals surface area contributed by atoms with Crippen molar-refractivity contribution >= 4 is 16.7 Å². The van der Waals surface area contributed by atoms with Crippen LogP contribution in [0.3, 0.4) is 0 Å². The maximum atomic E-state index is 12.3. The summed E-state index contributed by atoms with van der Waals surface area (Å²) >= 11 is 0. The van der Waals surface area contributed by atoms with Gasteiger partial charge in [0, 0.05) is 18.2 Å². The topological polar surface area (TPSA) is 40.5 Å². The molecule has 1 heterocycles. The summed E-state index contributed by atoms with van der Waals surface area (Å²) in [5, 5.41) is 9.49. The van der Waals surface area contributed by atoms with Crippen LogP contribution in [0, 0.1) is 0 Å². The number of phenolic OH excluding ortho intramolecular Hbond substituents is 1. The van der Waals surface area contributed by atoms with Gasteiger partial charge in [0.25, 0.3) is 0 Å². The quantitative estimate of drug-likeness (QED) is 0.774. The lowest BCUT2D eigenvalue weighted by Crippen LogP contribution is -2.24. The highest BCUT2D eigenvalue weighted by Crippen LogP contribution is 2.41. The van der Waals surface area contributed by atoms with E-state index in [0.29, 0.717) is 4.90 Å². The van der Waals surface area contributed by atoms with Gasteiger partial charge in [-0.05, 0) is 24.3 Å². The van der Waals surface area contributed by atoms with Crippen molar-refractivity contribution in [2.24, 2.45) is 0 Å². The van der Waals surface area contributed by atoms with Gasteiger partial charge in [-0.3, -0.25) is 4.31 Å². The van der Waals surface area contributed by atoms with Crippen molar-refractivity contribution in [1.82, 2.24) is 0 Å². The molecule has 2 aromatic carbocycles. The van der Waals surface area contributed by atoms with E-state index in [0.717, 1.165) is 16.8 Å². The van der Waals surface area contributed by atoms with E-state index in [2.05, 4.69) is 0 Å². The Bertz CT molecular complexity index is 625. The molecule has 0 radical (unpaired) electrons. The van der Waals surface area contributed by atoms with Crippen LogP contribution in [0.1, 0.15) is 0 Å². The Hall–Kier alpha value is -1.81. The minimum atomic E-state index is -1.26. The minimum absolute atomic E-state index is 0.143. The van der Waals surface area contributed by atoms with E-state index < -0.39 is 11.0 Å². The first-order valence-corrected chi connectivity index (χ1v) is 6.37. The fourth-order valence-electron chi connectivity index (χ4n) is 2.09. The number of phenols is 1. The molecule has 4 heteroatoms. The molecule has 0 aromatic heterocycles. The van der Waals surface area contributed by atoms with Gasteiger partial charge in [0.1, 0.15) is 5.75 Å². The van der Waals surface area contributed by atoms with E-state index in [1.807, 2.05) is 30.3 Å². The molecular weight excluding hydrogens is 234 g/mol. The Morgan fingerprint density at radius 1 is 1.12 bits per heavy atom. The number of para-hydroxylation sites is 1. The van der Waals surface area contributed by atoms with Crippen molar-refractivity contribution < 1.29 is 9.32 Å². The molecule has 1 aliphatic rings. The van der Waals surface area contributed by atoms with Crippen LogP contribution < -0.4 is 4.31 Å². The molecule has 0 saturated carbocycles. The van der Waals surface area contributed by atoms with Gasteiger partial charge in [0.15, 0.2) is 11.0 Å². The zero-order chi connectivity index (χ0) is 12.0. The Morgan fingerprint density at radius 3 is 2.71 bits per heavy atom. The van der Waals surface area contributed by atoms with Crippen molar-refractivity contribution in [2.45, 2.75) is 4.90 Å². The van der Waals surface area contributed by atoms with Crippen LogP contribution in [0.5, 0.6) is 5.75 Å². The molecule has 0 fully saturated rings. The normalized spacial score (nSPS) is 17.5. The average Bonchev–Trinajstić information content (AvgIpc) is 2.36. The van der Waals surface area contributed by atoms with Crippen LogP contribution in [0.25, 0.3) is 11.1 Å². The van der Waals surface area contributed by atoms with Gasteiger partial charge in [0.05, 0.1) is 10.6 Å². The van der Waals surface area contributed by atoms with Crippen LogP contribution in [0.2, 0.25) is 0 Å². The first kappa shape index (κ1) is 10.4. The van der Waals surface area contributed by atoms with Gasteiger partial charge in [-0.25, -0.2) is 4.21 Å². The molecule has 0 bridgehead atoms. The third-order valence-electron chi connectivity index (χ3n) is 2.94. The first-order valence-electron chi connectivity index (χ1n) is 5.26. The predicted octanol–water partition coefficient (Wildman–Crippen LogP) is 2.53. The van der Waals surface area contributed by atoms with Gasteiger partial charge < -0.3 is 5.11 Å². The lowest BCUT2D eigenvalue weighted by atomic mass is 10.0. The van der Waals surface area contributed by atoms with E-state index in [1.165, 1.54) is 0 Å². The van der Waals surface area contributed by atoms with Crippen LogP contribution in [0.15, 0.2) is 47.4 Å². The van der Waals surface area contributed by atoms with Gasteiger partial charge in [-0.2, -0.15) is 0 Å². The molecule has 2 aromatic rings. The van der Waals surface area contributed by atoms with Crippen LogP contribution in [-0.4, -0.2) is 16.4 Å². The molecule has 17 heavy (non-hydrogen) atoms. The molecule has 1 atom stereocenters. The molecule has 3 nitrogen and oxygen atoms in total. The van der Waals surface area contributed by atoms with Gasteiger partial charge in [0.2, 0.25) is 0 Å². The molecule has 1 N–H and O–H groups in total. The van der Waals surface area contributed by atoms with Gasteiger partial charge in [-0.15, -0.1) is 0 Å². The average molecular weight is 245 g/mol. The molecule has 86 valence electrons. The highest BCUT2D eigenvalue weighted by atomic mass is 32.2. The molecular formula is C13H11NO2S. The van der Waals surface area contributed by atoms with Crippen molar-refractivity contribution in [2.75, 3.05) is 11.4 Å². The molecule has 0 aliphatic carbocycles. The lowest BCUT2D eigenvalue weighted by molar-refractivity contribution is 0.473. The molecule has 0 saturated heterocycles. The summed E-state index contributed by atoms with van der Waals surface area (Å²) in [4.78, 5) is 0.659. The Kier molecular flexibility index (Phi) is 2.19. The van der Waals surface area contributed by atoms with Crippen molar-refractivity contribution in [3.05, 3.63) is 42.5 Å². The number of fused-ring (bicyclic) bond motifs is 3. The molecule has 0 spiro atoms. The predicted molar refractivity (Wildman–Crippen MR) is 68.4 cm³/mol. The zero-order valence-electron chi connectivity index (χ0n) is 9.25. The summed E-state index contributed by atoms with van der Waals surface area (Å²) in [6.07, 6.45) is 0. The first-order chi connectivity index (χ1) is 8.18. The summed E-state index contributed by atoms with van der Waals surface area (Å²) in [5.74, 6) is 0.143. The third-order valence-corrected chi connectivity index (χ3v) is 4.34. The van der Waals surface area contributed by atoms with E-state index in [-0.39, 0.29) is 5.75 Å². The second kappa shape index (κ2) is 3.60. The van der Waals surface area contributed by atoms with Crippen molar-refractivity contribution in [1.29, 1.82) is 0 Å². The fraction of sp³-hybridized carbons (Fsp3) is 0.0769. The fourth-order valence-corrected chi connectivity index (χ4v) is 3.31. The summed E-state index contributed by atoms with van der Waals surface area (Å²) in [6, 6.07) is 12.8. The second-order valence-corrected chi connectivity index (χ2v) is 5.43. The van der Waals surface area contributed by atoms with Crippen LogP contribution in [0.4, 0.5) is 5.69 Å². The molecule has 0 amide bonds. The summed E-state index contributed by atoms with van der Waals surface area (Å²) < 4.78 is 14.0. The molecule has 1 aliphatic heterocycles. The maximum Gasteiger partial charge on any atom is 0.153 e. The largest absolute Gasteiger partial charge is 0.508 e. The maximum absolute atomic E-state index is 12.3. The third kappa shape index (κ3) is 1.45. The van der Waals surface area contributed by atoms with Crippen molar-refractivity contribution in [3.8, 4) is 16.9 Å². The lowest BCUT2D eigenvalue weighted by Gasteiger charge is -2.28. The second-order valence-electron chi connectivity index (χ2n) is 3.94. The summed E-state index contributed by atoms with van der Waals surface area (Å²) in [7, 11) is 0.535. The number of rotatable bonds is 0. The summed E-state index contributed by atoms with van der Waals surface area (Å²) in [6.45, 7) is 0. The van der Waals surface area contributed by atoms with E-state index >= 15 is 0 Å². The van der Waals surface area contributed by atoms with E-state index in [9.17, 15) is 9.32 Å². The number of hydrogen-bond donors (Lipinski definition) is 1. The summed E-state index contributed by atoms with van der Waals surface area (Å²) in [5.41, 5.74) is 2.92. The number of hydrogen-bond acceptors (Lipinski definition) is 2. The number of aromatic hydroxyl groups is 1. The Labute approximate surface area is 102 Å². The number of nitrogens with zero attached hydrogens (tertiary/aromatic N) is 1. The van der Waals surface area contributed by atoms with Gasteiger partial charge >= 0.3 is 0 Å². The van der Waals surface area contributed by atoms with E-state index in [1.54, 1.807) is 23.5 Å². The van der Waals surface area contributed by atoms with Crippen LogP contribution >= 0.6 is 0 Å². The zero-order valence-corrected chi connectivity index (χ0v) is 10.1. The van der Waals surface area contributed by atoms with E-state index in [4.69, 9.17) is 0 Å². The number of benzene rings is 2. The monoisotopic (exact) mass is 245 g/mol. The Morgan fingerprint density at radius 2 is 1.88 bits per heavy atom. The van der Waals surface area contributed by atoms with Crippen LogP contribution in [-0.2, 0) is 11.0 Å². The molecule has 3 rings (SSSR count). The Balaban J connectivity index is 2.36. The van der Waals surface area contributed by atoms with Gasteiger partial charge in [-0.1, -0.05) is 18.2 Å². The minimum Gasteiger partial charge on any atom is -0.508 e. The standard InChI is InChI=1S/C13H11NO2S/c1-14-12-5-3-2-4-10(12)11-7-6-9(15)8-13(11)17(14)16/h2-8,15H,1H3. The number of anilines is 1.